The van der Waals surface area contributed by atoms with Gasteiger partial charge in [0.15, 0.2) is 0 Å². The Morgan fingerprint density at radius 2 is 1.85 bits per heavy atom. The van der Waals surface area contributed by atoms with Gasteiger partial charge in [0, 0.05) is 17.5 Å². The Morgan fingerprint density at radius 1 is 1.15 bits per heavy atom. The van der Waals surface area contributed by atoms with Crippen molar-refractivity contribution < 1.29 is 13.2 Å². The molecule has 0 saturated heterocycles. The summed E-state index contributed by atoms with van der Waals surface area (Å²) in [6, 6.07) is 14.3. The maximum atomic E-state index is 13.2. The van der Waals surface area contributed by atoms with Gasteiger partial charge in [0.05, 0.1) is 15.8 Å². The van der Waals surface area contributed by atoms with Gasteiger partial charge in [0.1, 0.15) is 0 Å². The van der Waals surface area contributed by atoms with Crippen molar-refractivity contribution >= 4 is 33.4 Å². The van der Waals surface area contributed by atoms with Crippen LogP contribution in [0.15, 0.2) is 58.3 Å². The molecule has 0 radical (unpaired) electrons. The van der Waals surface area contributed by atoms with Crippen LogP contribution in [0.5, 0.6) is 0 Å². The summed E-state index contributed by atoms with van der Waals surface area (Å²) >= 11 is 1.38. The lowest BCUT2D eigenvalue weighted by molar-refractivity contribution is -0.115. The van der Waals surface area contributed by atoms with E-state index in [4.69, 9.17) is 0 Å². The van der Waals surface area contributed by atoms with Gasteiger partial charge in [-0.3, -0.25) is 4.79 Å². The SMILES string of the molecule is CC1Sc2cc(S(=O)(=O)N(Cc3ccccc3)C(C)C)ccc2NC1=O. The van der Waals surface area contributed by atoms with Crippen LogP contribution in [0.25, 0.3) is 0 Å². The lowest BCUT2D eigenvalue weighted by Crippen LogP contribution is -2.36. The Morgan fingerprint density at radius 3 is 2.50 bits per heavy atom. The van der Waals surface area contributed by atoms with Crippen molar-refractivity contribution in [3.63, 3.8) is 0 Å². The molecule has 2 aromatic carbocycles. The first-order valence-electron chi connectivity index (χ1n) is 8.46. The molecule has 3 rings (SSSR count). The van der Waals surface area contributed by atoms with E-state index in [1.807, 2.05) is 44.2 Å². The van der Waals surface area contributed by atoms with E-state index >= 15 is 0 Å². The molecule has 7 heteroatoms. The van der Waals surface area contributed by atoms with Gasteiger partial charge in [-0.2, -0.15) is 4.31 Å². The summed E-state index contributed by atoms with van der Waals surface area (Å²) in [4.78, 5) is 12.8. The lowest BCUT2D eigenvalue weighted by Gasteiger charge is -2.27. The smallest absolute Gasteiger partial charge is 0.243 e. The van der Waals surface area contributed by atoms with Crippen LogP contribution in [0.1, 0.15) is 26.3 Å². The lowest BCUT2D eigenvalue weighted by atomic mass is 10.2. The van der Waals surface area contributed by atoms with E-state index in [-0.39, 0.29) is 22.1 Å². The second-order valence-electron chi connectivity index (χ2n) is 6.54. The molecule has 1 atom stereocenters. The van der Waals surface area contributed by atoms with E-state index in [0.29, 0.717) is 12.2 Å². The molecule has 0 saturated carbocycles. The van der Waals surface area contributed by atoms with Crippen LogP contribution in [0.4, 0.5) is 5.69 Å². The largest absolute Gasteiger partial charge is 0.324 e. The highest BCUT2D eigenvalue weighted by atomic mass is 32.2. The molecule has 0 spiro atoms. The van der Waals surface area contributed by atoms with Crippen LogP contribution in [0.2, 0.25) is 0 Å². The van der Waals surface area contributed by atoms with E-state index in [0.717, 1.165) is 10.5 Å². The Hall–Kier alpha value is -1.83. The van der Waals surface area contributed by atoms with Crippen molar-refractivity contribution in [1.29, 1.82) is 0 Å². The zero-order chi connectivity index (χ0) is 18.9. The summed E-state index contributed by atoms with van der Waals surface area (Å²) < 4.78 is 28.0. The number of hydrogen-bond donors (Lipinski definition) is 1. The molecular formula is C19H22N2O3S2. The van der Waals surface area contributed by atoms with E-state index in [1.165, 1.54) is 16.1 Å². The van der Waals surface area contributed by atoms with Crippen molar-refractivity contribution in [2.24, 2.45) is 0 Å². The molecule has 2 aromatic rings. The Labute approximate surface area is 158 Å². The van der Waals surface area contributed by atoms with Crippen molar-refractivity contribution in [2.45, 2.75) is 48.4 Å². The van der Waals surface area contributed by atoms with Crippen LogP contribution < -0.4 is 5.32 Å². The topological polar surface area (TPSA) is 66.5 Å². The molecular weight excluding hydrogens is 368 g/mol. The number of amides is 1. The molecule has 1 heterocycles. The van der Waals surface area contributed by atoms with Gasteiger partial charge in [-0.25, -0.2) is 8.42 Å². The summed E-state index contributed by atoms with van der Waals surface area (Å²) in [6.07, 6.45) is 0. The van der Waals surface area contributed by atoms with Gasteiger partial charge >= 0.3 is 0 Å². The first kappa shape index (κ1) is 18.9. The number of sulfonamides is 1. The number of thioether (sulfide) groups is 1. The minimum atomic E-state index is -3.66. The highest BCUT2D eigenvalue weighted by Gasteiger charge is 2.30. The van der Waals surface area contributed by atoms with Gasteiger partial charge in [-0.05, 0) is 44.5 Å². The normalized spacial score (nSPS) is 17.3. The number of carbonyl (C=O) groups is 1. The molecule has 138 valence electrons. The number of nitrogens with one attached hydrogen (secondary N) is 1. The molecule has 0 fully saturated rings. The number of carbonyl (C=O) groups excluding carboxylic acids is 1. The summed E-state index contributed by atoms with van der Waals surface area (Å²) in [5, 5.41) is 2.57. The number of anilines is 1. The molecule has 26 heavy (non-hydrogen) atoms. The molecule has 5 nitrogen and oxygen atoms in total. The van der Waals surface area contributed by atoms with Crippen LogP contribution in [0.3, 0.4) is 0 Å². The monoisotopic (exact) mass is 390 g/mol. The fraction of sp³-hybridized carbons (Fsp3) is 0.316. The van der Waals surface area contributed by atoms with Gasteiger partial charge in [-0.1, -0.05) is 30.3 Å². The predicted octanol–water partition coefficient (Wildman–Crippen LogP) is 3.72. The first-order chi connectivity index (χ1) is 12.3. The van der Waals surface area contributed by atoms with Gasteiger partial charge < -0.3 is 5.32 Å². The van der Waals surface area contributed by atoms with Crippen molar-refractivity contribution in [3.05, 3.63) is 54.1 Å². The average molecular weight is 391 g/mol. The third-order valence-electron chi connectivity index (χ3n) is 4.25. The minimum Gasteiger partial charge on any atom is -0.324 e. The highest BCUT2D eigenvalue weighted by Crippen LogP contribution is 2.37. The zero-order valence-electron chi connectivity index (χ0n) is 15.0. The van der Waals surface area contributed by atoms with Crippen LogP contribution >= 0.6 is 11.8 Å². The van der Waals surface area contributed by atoms with E-state index in [9.17, 15) is 13.2 Å². The summed E-state index contributed by atoms with van der Waals surface area (Å²) in [7, 11) is -3.66. The number of benzene rings is 2. The number of hydrogen-bond acceptors (Lipinski definition) is 4. The third-order valence-corrected chi connectivity index (χ3v) is 7.42. The predicted molar refractivity (Wildman–Crippen MR) is 105 cm³/mol. The molecule has 0 aliphatic carbocycles. The van der Waals surface area contributed by atoms with Crippen molar-refractivity contribution in [1.82, 2.24) is 4.31 Å². The van der Waals surface area contributed by atoms with E-state index in [2.05, 4.69) is 5.32 Å². The molecule has 0 aromatic heterocycles. The first-order valence-corrected chi connectivity index (χ1v) is 10.8. The fourth-order valence-corrected chi connectivity index (χ4v) is 5.50. The van der Waals surface area contributed by atoms with E-state index < -0.39 is 10.0 Å². The van der Waals surface area contributed by atoms with Crippen LogP contribution in [-0.4, -0.2) is 29.9 Å². The highest BCUT2D eigenvalue weighted by molar-refractivity contribution is 8.01. The van der Waals surface area contributed by atoms with Gasteiger partial charge in [0.25, 0.3) is 0 Å². The molecule has 1 unspecified atom stereocenters. The molecule has 1 aliphatic heterocycles. The molecule has 1 aliphatic rings. The molecule has 1 amide bonds. The quantitative estimate of drug-likeness (QED) is 0.845. The average Bonchev–Trinajstić information content (AvgIpc) is 2.60. The van der Waals surface area contributed by atoms with Crippen molar-refractivity contribution in [3.8, 4) is 0 Å². The Balaban J connectivity index is 1.95. The summed E-state index contributed by atoms with van der Waals surface area (Å²) in [5.74, 6) is -0.0639. The number of rotatable bonds is 5. The fourth-order valence-electron chi connectivity index (χ4n) is 2.79. The number of fused-ring (bicyclic) bond motifs is 1. The molecule has 1 N–H and O–H groups in total. The van der Waals surface area contributed by atoms with Crippen molar-refractivity contribution in [2.75, 3.05) is 5.32 Å². The van der Waals surface area contributed by atoms with Crippen LogP contribution in [0, 0.1) is 0 Å². The Bertz CT molecular complexity index is 912. The molecule has 0 bridgehead atoms. The minimum absolute atomic E-state index is 0.0639. The third kappa shape index (κ3) is 3.79. The van der Waals surface area contributed by atoms with Crippen LogP contribution in [-0.2, 0) is 21.4 Å². The maximum absolute atomic E-state index is 13.2. The second-order valence-corrected chi connectivity index (χ2v) is 9.81. The second kappa shape index (κ2) is 7.42. The van der Waals surface area contributed by atoms with Gasteiger partial charge in [-0.15, -0.1) is 11.8 Å². The standard InChI is InChI=1S/C19H22N2O3S2/c1-13(2)21(12-15-7-5-4-6-8-15)26(23,24)16-9-10-17-18(11-16)25-14(3)19(22)20-17/h4-11,13-14H,12H2,1-3H3,(H,20,22). The summed E-state index contributed by atoms with van der Waals surface area (Å²) in [5.41, 5.74) is 1.61. The zero-order valence-corrected chi connectivity index (χ0v) is 16.6. The van der Waals surface area contributed by atoms with Gasteiger partial charge in [0.2, 0.25) is 15.9 Å². The number of nitrogens with zero attached hydrogens (tertiary/aromatic N) is 1. The van der Waals surface area contributed by atoms with E-state index in [1.54, 1.807) is 25.1 Å². The maximum Gasteiger partial charge on any atom is 0.243 e. The summed E-state index contributed by atoms with van der Waals surface area (Å²) in [6.45, 7) is 5.87. The Kier molecular flexibility index (Phi) is 5.41.